The molecule has 2 aromatic carbocycles. The van der Waals surface area contributed by atoms with Crippen molar-refractivity contribution in [3.8, 4) is 11.5 Å². The zero-order chi connectivity index (χ0) is 18.6. The maximum atomic E-state index is 13.4. The van der Waals surface area contributed by atoms with Gasteiger partial charge < -0.3 is 9.32 Å². The first-order valence-electron chi connectivity index (χ1n) is 9.35. The highest BCUT2D eigenvalue weighted by Crippen LogP contribution is 2.30. The van der Waals surface area contributed by atoms with Crippen LogP contribution < -0.4 is 0 Å². The number of piperazine rings is 1. The second-order valence-electron chi connectivity index (χ2n) is 6.74. The maximum Gasteiger partial charge on any atom is 0.247 e. The summed E-state index contributed by atoms with van der Waals surface area (Å²) < 4.78 is 19.5. The van der Waals surface area contributed by atoms with Gasteiger partial charge in [-0.25, -0.2) is 4.39 Å². The number of nitrogens with zero attached hydrogens (tertiary/aromatic N) is 4. The Bertz CT molecular complexity index is 857. The van der Waals surface area contributed by atoms with Crippen molar-refractivity contribution in [2.24, 2.45) is 0 Å². The summed E-state index contributed by atoms with van der Waals surface area (Å²) in [6, 6.07) is 16.1. The van der Waals surface area contributed by atoms with Crippen molar-refractivity contribution in [3.05, 3.63) is 71.9 Å². The first kappa shape index (κ1) is 17.8. The molecule has 1 atom stereocenters. The van der Waals surface area contributed by atoms with Crippen molar-refractivity contribution in [1.82, 2.24) is 20.0 Å². The molecule has 1 saturated heterocycles. The van der Waals surface area contributed by atoms with Crippen LogP contribution in [0.25, 0.3) is 11.5 Å². The summed E-state index contributed by atoms with van der Waals surface area (Å²) in [5.74, 6) is 0.805. The molecule has 0 radical (unpaired) electrons. The third-order valence-corrected chi connectivity index (χ3v) is 5.10. The summed E-state index contributed by atoms with van der Waals surface area (Å²) in [5.41, 5.74) is 1.86. The Morgan fingerprint density at radius 3 is 2.33 bits per heavy atom. The zero-order valence-electron chi connectivity index (χ0n) is 15.4. The fraction of sp³-hybridized carbons (Fsp3) is 0.333. The average Bonchev–Trinajstić information content (AvgIpc) is 3.20. The molecule has 1 aliphatic rings. The van der Waals surface area contributed by atoms with Crippen LogP contribution in [0.4, 0.5) is 4.39 Å². The third-order valence-electron chi connectivity index (χ3n) is 5.10. The van der Waals surface area contributed by atoms with Crippen LogP contribution in [-0.2, 0) is 0 Å². The lowest BCUT2D eigenvalue weighted by atomic mass is 10.0. The first-order valence-corrected chi connectivity index (χ1v) is 9.35. The van der Waals surface area contributed by atoms with Crippen molar-refractivity contribution in [3.63, 3.8) is 0 Å². The van der Waals surface area contributed by atoms with Gasteiger partial charge in [0.2, 0.25) is 11.8 Å². The van der Waals surface area contributed by atoms with E-state index in [2.05, 4.69) is 26.9 Å². The molecule has 0 aliphatic carbocycles. The average molecular weight is 366 g/mol. The number of halogens is 1. The largest absolute Gasteiger partial charge is 0.419 e. The molecule has 27 heavy (non-hydrogen) atoms. The van der Waals surface area contributed by atoms with Gasteiger partial charge in [0.05, 0.1) is 0 Å². The van der Waals surface area contributed by atoms with Gasteiger partial charge in [-0.15, -0.1) is 10.2 Å². The number of hydrogen-bond donors (Lipinski definition) is 0. The van der Waals surface area contributed by atoms with Crippen LogP contribution in [0.2, 0.25) is 0 Å². The van der Waals surface area contributed by atoms with Crippen molar-refractivity contribution in [2.75, 3.05) is 32.7 Å². The molecule has 1 unspecified atom stereocenters. The summed E-state index contributed by atoms with van der Waals surface area (Å²) >= 11 is 0. The molecule has 0 spiro atoms. The first-order chi connectivity index (χ1) is 13.2. The number of benzene rings is 2. The van der Waals surface area contributed by atoms with Crippen LogP contribution in [0.1, 0.15) is 24.4 Å². The lowest BCUT2D eigenvalue weighted by Gasteiger charge is -2.37. The number of aromatic nitrogens is 2. The molecule has 4 rings (SSSR count). The molecule has 0 N–H and O–H groups in total. The number of likely N-dealkylation sites (N-methyl/N-ethyl adjacent to an activating group) is 1. The molecule has 1 aromatic heterocycles. The van der Waals surface area contributed by atoms with Gasteiger partial charge in [0.25, 0.3) is 0 Å². The van der Waals surface area contributed by atoms with E-state index in [4.69, 9.17) is 4.42 Å². The highest BCUT2D eigenvalue weighted by Gasteiger charge is 2.30. The van der Waals surface area contributed by atoms with Crippen molar-refractivity contribution < 1.29 is 8.81 Å². The minimum atomic E-state index is -0.246. The smallest absolute Gasteiger partial charge is 0.247 e. The van der Waals surface area contributed by atoms with E-state index in [0.29, 0.717) is 11.8 Å². The summed E-state index contributed by atoms with van der Waals surface area (Å²) in [5, 5.41) is 8.59. The minimum absolute atomic E-state index is 0.172. The van der Waals surface area contributed by atoms with Gasteiger partial charge in [-0.05, 0) is 36.4 Å². The van der Waals surface area contributed by atoms with E-state index < -0.39 is 0 Å². The van der Waals surface area contributed by atoms with Crippen molar-refractivity contribution in [1.29, 1.82) is 0 Å². The Labute approximate surface area is 158 Å². The van der Waals surface area contributed by atoms with E-state index in [0.717, 1.165) is 43.9 Å². The quantitative estimate of drug-likeness (QED) is 0.690. The van der Waals surface area contributed by atoms with Gasteiger partial charge in [-0.1, -0.05) is 37.3 Å². The topological polar surface area (TPSA) is 45.4 Å². The molecule has 6 heteroatoms. The molecule has 0 saturated carbocycles. The van der Waals surface area contributed by atoms with E-state index in [1.165, 1.54) is 12.1 Å². The van der Waals surface area contributed by atoms with Gasteiger partial charge >= 0.3 is 0 Å². The lowest BCUT2D eigenvalue weighted by Crippen LogP contribution is -2.47. The SMILES string of the molecule is CCN1CCN(C(c2ccc(F)cc2)c2nnc(-c3ccccc3)o2)CC1. The molecule has 5 nitrogen and oxygen atoms in total. The van der Waals surface area contributed by atoms with E-state index in [1.807, 2.05) is 30.3 Å². The van der Waals surface area contributed by atoms with Crippen molar-refractivity contribution in [2.45, 2.75) is 13.0 Å². The number of rotatable bonds is 5. The third kappa shape index (κ3) is 3.91. The van der Waals surface area contributed by atoms with Crippen LogP contribution in [-0.4, -0.2) is 52.7 Å². The molecule has 1 aliphatic heterocycles. The Kier molecular flexibility index (Phi) is 5.27. The Balaban J connectivity index is 1.66. The van der Waals surface area contributed by atoms with Crippen LogP contribution in [0.15, 0.2) is 59.0 Å². The van der Waals surface area contributed by atoms with Crippen LogP contribution in [0.5, 0.6) is 0 Å². The monoisotopic (exact) mass is 366 g/mol. The standard InChI is InChI=1S/C21H23FN4O/c1-2-25-12-14-26(15-13-25)19(16-8-10-18(22)11-9-16)21-24-23-20(27-21)17-6-4-3-5-7-17/h3-11,19H,2,12-15H2,1H3. The Hall–Kier alpha value is -2.57. The number of hydrogen-bond acceptors (Lipinski definition) is 5. The van der Waals surface area contributed by atoms with Crippen LogP contribution in [0.3, 0.4) is 0 Å². The van der Waals surface area contributed by atoms with Crippen LogP contribution in [0, 0.1) is 5.82 Å². The molecule has 0 amide bonds. The predicted octanol–water partition coefficient (Wildman–Crippen LogP) is 3.60. The molecule has 1 fully saturated rings. The van der Waals surface area contributed by atoms with Gasteiger partial charge in [-0.2, -0.15) is 0 Å². The zero-order valence-corrected chi connectivity index (χ0v) is 15.4. The molecular formula is C21H23FN4O. The van der Waals surface area contributed by atoms with Gasteiger partial charge in [0, 0.05) is 31.7 Å². The highest BCUT2D eigenvalue weighted by atomic mass is 19.1. The molecule has 3 aromatic rings. The normalized spacial score (nSPS) is 17.1. The summed E-state index contributed by atoms with van der Waals surface area (Å²) in [6.45, 7) is 7.02. The maximum absolute atomic E-state index is 13.4. The van der Waals surface area contributed by atoms with Crippen LogP contribution >= 0.6 is 0 Å². The molecule has 0 bridgehead atoms. The van der Waals surface area contributed by atoms with Gasteiger partial charge in [0.15, 0.2) is 0 Å². The van der Waals surface area contributed by atoms with E-state index in [9.17, 15) is 4.39 Å². The van der Waals surface area contributed by atoms with E-state index >= 15 is 0 Å². The molecular weight excluding hydrogens is 343 g/mol. The van der Waals surface area contributed by atoms with E-state index in [1.54, 1.807) is 12.1 Å². The highest BCUT2D eigenvalue weighted by molar-refractivity contribution is 5.51. The summed E-state index contributed by atoms with van der Waals surface area (Å²) in [4.78, 5) is 4.75. The van der Waals surface area contributed by atoms with E-state index in [-0.39, 0.29) is 11.9 Å². The Morgan fingerprint density at radius 2 is 1.67 bits per heavy atom. The second kappa shape index (κ2) is 7.98. The van der Waals surface area contributed by atoms with Gasteiger partial charge in [-0.3, -0.25) is 4.90 Å². The fourth-order valence-corrected chi connectivity index (χ4v) is 3.53. The Morgan fingerprint density at radius 1 is 0.963 bits per heavy atom. The second-order valence-corrected chi connectivity index (χ2v) is 6.74. The predicted molar refractivity (Wildman–Crippen MR) is 102 cm³/mol. The minimum Gasteiger partial charge on any atom is -0.419 e. The van der Waals surface area contributed by atoms with Gasteiger partial charge in [0.1, 0.15) is 11.9 Å². The molecule has 2 heterocycles. The van der Waals surface area contributed by atoms with Crippen molar-refractivity contribution >= 4 is 0 Å². The lowest BCUT2D eigenvalue weighted by molar-refractivity contribution is 0.103. The fourth-order valence-electron chi connectivity index (χ4n) is 3.53. The molecule has 140 valence electrons. The summed E-state index contributed by atoms with van der Waals surface area (Å²) in [6.07, 6.45) is 0. The summed E-state index contributed by atoms with van der Waals surface area (Å²) in [7, 11) is 0.